The minimum absolute atomic E-state index is 0.137. The van der Waals surface area contributed by atoms with Crippen LogP contribution in [0.5, 0.6) is 0 Å². The fourth-order valence-corrected chi connectivity index (χ4v) is 2.67. The molecule has 0 aliphatic heterocycles. The van der Waals surface area contributed by atoms with E-state index in [0.29, 0.717) is 17.9 Å². The SMILES string of the molecule is O=C(CCSc1ccccc1)Nc1ccc(F)cc1Cl. The van der Waals surface area contributed by atoms with E-state index in [-0.39, 0.29) is 10.9 Å². The number of carbonyl (C=O) groups excluding carboxylic acids is 1. The maximum absolute atomic E-state index is 12.9. The Balaban J connectivity index is 1.81. The lowest BCUT2D eigenvalue weighted by Crippen LogP contribution is -2.12. The van der Waals surface area contributed by atoms with Gasteiger partial charge in [0.05, 0.1) is 10.7 Å². The Morgan fingerprint density at radius 1 is 1.20 bits per heavy atom. The maximum Gasteiger partial charge on any atom is 0.225 e. The molecule has 2 aromatic rings. The van der Waals surface area contributed by atoms with E-state index in [1.54, 1.807) is 11.8 Å². The first-order chi connectivity index (χ1) is 9.65. The molecule has 0 aliphatic rings. The van der Waals surface area contributed by atoms with Crippen molar-refractivity contribution < 1.29 is 9.18 Å². The predicted octanol–water partition coefficient (Wildman–Crippen LogP) is 4.60. The summed E-state index contributed by atoms with van der Waals surface area (Å²) in [5.41, 5.74) is 0.433. The van der Waals surface area contributed by atoms with Gasteiger partial charge >= 0.3 is 0 Å². The van der Waals surface area contributed by atoms with E-state index < -0.39 is 5.82 Å². The second-order valence-electron chi connectivity index (χ2n) is 4.08. The average Bonchev–Trinajstić information content (AvgIpc) is 2.43. The number of amides is 1. The van der Waals surface area contributed by atoms with Gasteiger partial charge in [-0.25, -0.2) is 4.39 Å². The largest absolute Gasteiger partial charge is 0.325 e. The smallest absolute Gasteiger partial charge is 0.225 e. The predicted molar refractivity (Wildman–Crippen MR) is 81.8 cm³/mol. The van der Waals surface area contributed by atoms with Crippen LogP contribution in [0, 0.1) is 5.82 Å². The van der Waals surface area contributed by atoms with Gasteiger partial charge in [0.1, 0.15) is 5.82 Å². The number of hydrogen-bond acceptors (Lipinski definition) is 2. The normalized spacial score (nSPS) is 10.3. The summed E-state index contributed by atoms with van der Waals surface area (Å²) >= 11 is 7.46. The molecule has 5 heteroatoms. The topological polar surface area (TPSA) is 29.1 Å². The molecule has 0 fully saturated rings. The van der Waals surface area contributed by atoms with Gasteiger partial charge in [-0.1, -0.05) is 29.8 Å². The van der Waals surface area contributed by atoms with Crippen molar-refractivity contribution in [3.63, 3.8) is 0 Å². The molecular formula is C15H13ClFNOS. The number of benzene rings is 2. The van der Waals surface area contributed by atoms with E-state index in [9.17, 15) is 9.18 Å². The molecular weight excluding hydrogens is 297 g/mol. The highest BCUT2D eigenvalue weighted by molar-refractivity contribution is 7.99. The Labute approximate surface area is 126 Å². The Bertz CT molecular complexity index is 592. The van der Waals surface area contributed by atoms with Crippen molar-refractivity contribution >= 4 is 35.0 Å². The standard InChI is InChI=1S/C15H13ClFNOS/c16-13-10-11(17)6-7-14(13)18-15(19)8-9-20-12-4-2-1-3-5-12/h1-7,10H,8-9H2,(H,18,19). The fraction of sp³-hybridized carbons (Fsp3) is 0.133. The molecule has 1 amide bonds. The molecule has 0 heterocycles. The van der Waals surface area contributed by atoms with E-state index in [1.165, 1.54) is 18.2 Å². The number of nitrogens with one attached hydrogen (secondary N) is 1. The zero-order chi connectivity index (χ0) is 14.4. The summed E-state index contributed by atoms with van der Waals surface area (Å²) in [5, 5.41) is 2.88. The summed E-state index contributed by atoms with van der Waals surface area (Å²) in [6.45, 7) is 0. The van der Waals surface area contributed by atoms with Gasteiger partial charge in [-0.3, -0.25) is 4.79 Å². The van der Waals surface area contributed by atoms with Crippen LogP contribution in [0.15, 0.2) is 53.4 Å². The van der Waals surface area contributed by atoms with Gasteiger partial charge < -0.3 is 5.32 Å². The van der Waals surface area contributed by atoms with Crippen molar-refractivity contribution in [1.29, 1.82) is 0 Å². The van der Waals surface area contributed by atoms with Gasteiger partial charge in [-0.05, 0) is 30.3 Å². The molecule has 2 rings (SSSR count). The zero-order valence-electron chi connectivity index (χ0n) is 10.6. The summed E-state index contributed by atoms with van der Waals surface area (Å²) in [5.74, 6) is 0.115. The first-order valence-electron chi connectivity index (χ1n) is 6.08. The van der Waals surface area contributed by atoms with Crippen molar-refractivity contribution in [2.24, 2.45) is 0 Å². The number of anilines is 1. The van der Waals surface area contributed by atoms with Crippen LogP contribution in [0.3, 0.4) is 0 Å². The van der Waals surface area contributed by atoms with Crippen molar-refractivity contribution in [3.05, 3.63) is 59.4 Å². The molecule has 0 saturated carbocycles. The third kappa shape index (κ3) is 4.54. The highest BCUT2D eigenvalue weighted by Gasteiger charge is 2.07. The van der Waals surface area contributed by atoms with Gasteiger partial charge in [0.15, 0.2) is 0 Å². The highest BCUT2D eigenvalue weighted by Crippen LogP contribution is 2.23. The molecule has 2 aromatic carbocycles. The van der Waals surface area contributed by atoms with Crippen LogP contribution in [-0.4, -0.2) is 11.7 Å². The molecule has 0 aromatic heterocycles. The fourth-order valence-electron chi connectivity index (χ4n) is 1.58. The average molecular weight is 310 g/mol. The monoisotopic (exact) mass is 309 g/mol. The molecule has 0 spiro atoms. The van der Waals surface area contributed by atoms with Crippen LogP contribution in [0.2, 0.25) is 5.02 Å². The lowest BCUT2D eigenvalue weighted by molar-refractivity contribution is -0.115. The van der Waals surface area contributed by atoms with Gasteiger partial charge in [-0.2, -0.15) is 0 Å². The summed E-state index contributed by atoms with van der Waals surface area (Å²) in [6.07, 6.45) is 0.368. The minimum atomic E-state index is -0.423. The van der Waals surface area contributed by atoms with Crippen LogP contribution in [0.1, 0.15) is 6.42 Å². The van der Waals surface area contributed by atoms with Crippen molar-refractivity contribution in [1.82, 2.24) is 0 Å². The maximum atomic E-state index is 12.9. The number of halogens is 2. The van der Waals surface area contributed by atoms with E-state index in [0.717, 1.165) is 4.90 Å². The Kier molecular flexibility index (Phi) is 5.44. The van der Waals surface area contributed by atoms with Crippen LogP contribution in [0.25, 0.3) is 0 Å². The zero-order valence-corrected chi connectivity index (χ0v) is 12.2. The third-order valence-electron chi connectivity index (χ3n) is 2.55. The number of rotatable bonds is 5. The first kappa shape index (κ1) is 14.9. The Morgan fingerprint density at radius 3 is 2.65 bits per heavy atom. The second kappa shape index (κ2) is 7.31. The molecule has 0 saturated heterocycles. The number of carbonyl (C=O) groups is 1. The van der Waals surface area contributed by atoms with Crippen LogP contribution < -0.4 is 5.32 Å². The van der Waals surface area contributed by atoms with Crippen LogP contribution >= 0.6 is 23.4 Å². The number of hydrogen-bond donors (Lipinski definition) is 1. The molecule has 2 nitrogen and oxygen atoms in total. The van der Waals surface area contributed by atoms with Gasteiger partial charge in [0.25, 0.3) is 0 Å². The summed E-state index contributed by atoms with van der Waals surface area (Å²) in [7, 11) is 0. The van der Waals surface area contributed by atoms with Gasteiger partial charge in [0, 0.05) is 17.1 Å². The molecule has 0 radical (unpaired) electrons. The minimum Gasteiger partial charge on any atom is -0.325 e. The van der Waals surface area contributed by atoms with E-state index in [2.05, 4.69) is 5.32 Å². The Morgan fingerprint density at radius 2 is 1.95 bits per heavy atom. The quantitative estimate of drug-likeness (QED) is 0.818. The number of thioether (sulfide) groups is 1. The van der Waals surface area contributed by atoms with Crippen molar-refractivity contribution in [2.75, 3.05) is 11.1 Å². The summed E-state index contributed by atoms with van der Waals surface area (Å²) in [4.78, 5) is 12.9. The molecule has 0 aliphatic carbocycles. The highest BCUT2D eigenvalue weighted by atomic mass is 35.5. The molecule has 20 heavy (non-hydrogen) atoms. The summed E-state index contributed by atoms with van der Waals surface area (Å²) in [6, 6.07) is 13.8. The lowest BCUT2D eigenvalue weighted by atomic mass is 10.3. The molecule has 0 unspecified atom stereocenters. The lowest BCUT2D eigenvalue weighted by Gasteiger charge is -2.07. The van der Waals surface area contributed by atoms with Crippen molar-refractivity contribution in [2.45, 2.75) is 11.3 Å². The van der Waals surface area contributed by atoms with E-state index in [4.69, 9.17) is 11.6 Å². The molecule has 0 bridgehead atoms. The van der Waals surface area contributed by atoms with Crippen LogP contribution in [-0.2, 0) is 4.79 Å². The first-order valence-corrected chi connectivity index (χ1v) is 7.44. The van der Waals surface area contributed by atoms with Crippen LogP contribution in [0.4, 0.5) is 10.1 Å². The third-order valence-corrected chi connectivity index (χ3v) is 3.87. The van der Waals surface area contributed by atoms with E-state index in [1.807, 2.05) is 30.3 Å². The van der Waals surface area contributed by atoms with Gasteiger partial charge in [-0.15, -0.1) is 11.8 Å². The second-order valence-corrected chi connectivity index (χ2v) is 5.66. The van der Waals surface area contributed by atoms with Crippen molar-refractivity contribution in [3.8, 4) is 0 Å². The van der Waals surface area contributed by atoms with E-state index >= 15 is 0 Å². The summed E-state index contributed by atoms with van der Waals surface area (Å²) < 4.78 is 12.9. The molecule has 1 N–H and O–H groups in total. The molecule has 0 atom stereocenters. The van der Waals surface area contributed by atoms with Gasteiger partial charge in [0.2, 0.25) is 5.91 Å². The molecule has 104 valence electrons. The Hall–Kier alpha value is -1.52.